The maximum atomic E-state index is 11.5. The van der Waals surface area contributed by atoms with Crippen LogP contribution in [0, 0.1) is 5.92 Å². The highest BCUT2D eigenvalue weighted by molar-refractivity contribution is 5.95. The molecule has 0 saturated carbocycles. The average molecular weight is 266 g/mol. The van der Waals surface area contributed by atoms with Crippen LogP contribution in [0.4, 0.5) is 5.69 Å². The molecule has 0 saturated heterocycles. The van der Waals surface area contributed by atoms with Gasteiger partial charge in [0.1, 0.15) is 12.4 Å². The lowest BCUT2D eigenvalue weighted by Crippen LogP contribution is -2.18. The van der Waals surface area contributed by atoms with Gasteiger partial charge >= 0.3 is 0 Å². The second kappa shape index (κ2) is 7.63. The minimum Gasteiger partial charge on any atom is -0.489 e. The Morgan fingerprint density at radius 3 is 2.74 bits per heavy atom. The van der Waals surface area contributed by atoms with Crippen molar-refractivity contribution in [3.05, 3.63) is 23.8 Å². The third-order valence-electron chi connectivity index (χ3n) is 2.44. The zero-order valence-corrected chi connectivity index (χ0v) is 11.7. The highest BCUT2D eigenvalue weighted by Crippen LogP contribution is 2.22. The summed E-state index contributed by atoms with van der Waals surface area (Å²) in [7, 11) is 1.58. The molecule has 5 heteroatoms. The van der Waals surface area contributed by atoms with Gasteiger partial charge in [-0.25, -0.2) is 0 Å². The smallest absolute Gasteiger partial charge is 0.251 e. The van der Waals surface area contributed by atoms with Crippen LogP contribution in [-0.2, 0) is 4.74 Å². The Kier molecular flexibility index (Phi) is 6.15. The van der Waals surface area contributed by atoms with Gasteiger partial charge in [0, 0.05) is 19.2 Å². The minimum absolute atomic E-state index is 0.166. The number of anilines is 1. The fourth-order valence-corrected chi connectivity index (χ4v) is 1.47. The quantitative estimate of drug-likeness (QED) is 0.581. The maximum absolute atomic E-state index is 11.5. The Hall–Kier alpha value is -1.75. The first-order valence-electron chi connectivity index (χ1n) is 6.36. The topological polar surface area (TPSA) is 73.6 Å². The van der Waals surface area contributed by atoms with E-state index in [9.17, 15) is 4.79 Å². The SMILES string of the molecule is CNC(=O)c1ccc(N)c(OCCOCC(C)C)c1. The summed E-state index contributed by atoms with van der Waals surface area (Å²) in [4.78, 5) is 11.5. The molecule has 1 aromatic rings. The summed E-state index contributed by atoms with van der Waals surface area (Å²) in [5, 5.41) is 2.56. The number of amides is 1. The van der Waals surface area contributed by atoms with Crippen molar-refractivity contribution in [3.63, 3.8) is 0 Å². The molecule has 0 aliphatic rings. The van der Waals surface area contributed by atoms with E-state index in [1.165, 1.54) is 0 Å². The predicted molar refractivity (Wildman–Crippen MR) is 75.4 cm³/mol. The van der Waals surface area contributed by atoms with Crippen molar-refractivity contribution < 1.29 is 14.3 Å². The van der Waals surface area contributed by atoms with Crippen LogP contribution in [0.25, 0.3) is 0 Å². The van der Waals surface area contributed by atoms with Gasteiger partial charge in [-0.15, -0.1) is 0 Å². The Bertz CT molecular complexity index is 419. The molecule has 1 rings (SSSR count). The Morgan fingerprint density at radius 1 is 1.37 bits per heavy atom. The summed E-state index contributed by atoms with van der Waals surface area (Å²) in [6.45, 7) is 5.80. The van der Waals surface area contributed by atoms with Crippen molar-refractivity contribution in [2.45, 2.75) is 13.8 Å². The largest absolute Gasteiger partial charge is 0.489 e. The second-order valence-electron chi connectivity index (χ2n) is 4.65. The van der Waals surface area contributed by atoms with Crippen molar-refractivity contribution >= 4 is 11.6 Å². The lowest BCUT2D eigenvalue weighted by molar-refractivity contribution is 0.0820. The molecule has 19 heavy (non-hydrogen) atoms. The van der Waals surface area contributed by atoms with E-state index in [4.69, 9.17) is 15.2 Å². The molecule has 0 fully saturated rings. The van der Waals surface area contributed by atoms with E-state index in [0.29, 0.717) is 42.7 Å². The van der Waals surface area contributed by atoms with Gasteiger partial charge in [0.2, 0.25) is 0 Å². The third-order valence-corrected chi connectivity index (χ3v) is 2.44. The molecule has 0 radical (unpaired) electrons. The maximum Gasteiger partial charge on any atom is 0.251 e. The number of nitrogens with two attached hydrogens (primary N) is 1. The number of hydrogen-bond acceptors (Lipinski definition) is 4. The van der Waals surface area contributed by atoms with Crippen LogP contribution in [-0.4, -0.2) is 32.8 Å². The summed E-state index contributed by atoms with van der Waals surface area (Å²) in [5.74, 6) is 0.844. The molecule has 0 unspecified atom stereocenters. The first-order valence-corrected chi connectivity index (χ1v) is 6.36. The first kappa shape index (κ1) is 15.3. The summed E-state index contributed by atoms with van der Waals surface area (Å²) >= 11 is 0. The van der Waals surface area contributed by atoms with Crippen molar-refractivity contribution in [1.29, 1.82) is 0 Å². The van der Waals surface area contributed by atoms with Crippen LogP contribution in [0.3, 0.4) is 0 Å². The standard InChI is InChI=1S/C14H22N2O3/c1-10(2)9-18-6-7-19-13-8-11(14(17)16-3)4-5-12(13)15/h4-5,8,10H,6-7,9,15H2,1-3H3,(H,16,17). The van der Waals surface area contributed by atoms with Gasteiger partial charge < -0.3 is 20.5 Å². The highest BCUT2D eigenvalue weighted by atomic mass is 16.5. The van der Waals surface area contributed by atoms with Gasteiger partial charge in [0.15, 0.2) is 0 Å². The summed E-state index contributed by atoms with van der Waals surface area (Å²) in [6, 6.07) is 4.96. The summed E-state index contributed by atoms with van der Waals surface area (Å²) in [5.41, 5.74) is 6.83. The van der Waals surface area contributed by atoms with Crippen molar-refractivity contribution in [1.82, 2.24) is 5.32 Å². The molecule has 0 spiro atoms. The Morgan fingerprint density at radius 2 is 2.11 bits per heavy atom. The number of nitrogen functional groups attached to an aromatic ring is 1. The van der Waals surface area contributed by atoms with Gasteiger partial charge in [-0.1, -0.05) is 13.8 Å². The van der Waals surface area contributed by atoms with E-state index >= 15 is 0 Å². The molecule has 0 aromatic heterocycles. The van der Waals surface area contributed by atoms with Gasteiger partial charge in [-0.3, -0.25) is 4.79 Å². The van der Waals surface area contributed by atoms with Crippen molar-refractivity contribution in [2.24, 2.45) is 5.92 Å². The molecule has 3 N–H and O–H groups in total. The Labute approximate surface area is 114 Å². The zero-order chi connectivity index (χ0) is 14.3. The minimum atomic E-state index is -0.166. The lowest BCUT2D eigenvalue weighted by atomic mass is 10.2. The monoisotopic (exact) mass is 266 g/mol. The second-order valence-corrected chi connectivity index (χ2v) is 4.65. The molecular formula is C14H22N2O3. The van der Waals surface area contributed by atoms with Crippen LogP contribution in [0.2, 0.25) is 0 Å². The number of nitrogens with one attached hydrogen (secondary N) is 1. The molecule has 0 heterocycles. The molecular weight excluding hydrogens is 244 g/mol. The van der Waals surface area contributed by atoms with E-state index in [2.05, 4.69) is 19.2 Å². The van der Waals surface area contributed by atoms with Crippen LogP contribution in [0.1, 0.15) is 24.2 Å². The number of carbonyl (C=O) groups is 1. The van der Waals surface area contributed by atoms with Crippen LogP contribution in [0.15, 0.2) is 18.2 Å². The van der Waals surface area contributed by atoms with Gasteiger partial charge in [0.05, 0.1) is 12.3 Å². The molecule has 0 aliphatic heterocycles. The fourth-order valence-electron chi connectivity index (χ4n) is 1.47. The lowest BCUT2D eigenvalue weighted by Gasteiger charge is -2.11. The van der Waals surface area contributed by atoms with Gasteiger partial charge in [-0.2, -0.15) is 0 Å². The van der Waals surface area contributed by atoms with E-state index < -0.39 is 0 Å². The molecule has 5 nitrogen and oxygen atoms in total. The average Bonchev–Trinajstić information content (AvgIpc) is 2.39. The van der Waals surface area contributed by atoms with Crippen LogP contribution >= 0.6 is 0 Å². The first-order chi connectivity index (χ1) is 9.04. The molecule has 106 valence electrons. The molecule has 0 aliphatic carbocycles. The van der Waals surface area contributed by atoms with Gasteiger partial charge in [-0.05, 0) is 24.1 Å². The van der Waals surface area contributed by atoms with E-state index in [0.717, 1.165) is 0 Å². The fraction of sp³-hybridized carbons (Fsp3) is 0.500. The number of rotatable bonds is 7. The van der Waals surface area contributed by atoms with Crippen molar-refractivity contribution in [2.75, 3.05) is 32.6 Å². The third kappa shape index (κ3) is 5.18. The van der Waals surface area contributed by atoms with E-state index in [1.807, 2.05) is 0 Å². The van der Waals surface area contributed by atoms with E-state index in [1.54, 1.807) is 25.2 Å². The van der Waals surface area contributed by atoms with Crippen LogP contribution < -0.4 is 15.8 Å². The number of carbonyl (C=O) groups excluding carboxylic acids is 1. The molecule has 0 atom stereocenters. The van der Waals surface area contributed by atoms with Gasteiger partial charge in [0.25, 0.3) is 5.91 Å². The summed E-state index contributed by atoms with van der Waals surface area (Å²) < 4.78 is 10.9. The molecule has 1 amide bonds. The van der Waals surface area contributed by atoms with Crippen molar-refractivity contribution in [3.8, 4) is 5.75 Å². The Balaban J connectivity index is 2.50. The number of hydrogen-bond donors (Lipinski definition) is 2. The summed E-state index contributed by atoms with van der Waals surface area (Å²) in [6.07, 6.45) is 0. The number of ether oxygens (including phenoxy) is 2. The number of benzene rings is 1. The predicted octanol–water partition coefficient (Wildman–Crippen LogP) is 1.68. The normalized spacial score (nSPS) is 10.5. The molecule has 1 aromatic carbocycles. The highest BCUT2D eigenvalue weighted by Gasteiger charge is 2.07. The zero-order valence-electron chi connectivity index (χ0n) is 11.7. The molecule has 0 bridgehead atoms. The van der Waals surface area contributed by atoms with Crippen LogP contribution in [0.5, 0.6) is 5.75 Å². The van der Waals surface area contributed by atoms with E-state index in [-0.39, 0.29) is 5.91 Å².